The fourth-order valence-corrected chi connectivity index (χ4v) is 2.49. The van der Waals surface area contributed by atoms with Crippen molar-refractivity contribution in [2.45, 2.75) is 18.2 Å². The minimum Gasteiger partial charge on any atom is -0.388 e. The Morgan fingerprint density at radius 3 is 2.65 bits per heavy atom. The average Bonchev–Trinajstić information content (AvgIpc) is 2.80. The molecule has 20 heavy (non-hydrogen) atoms. The van der Waals surface area contributed by atoms with E-state index in [1.54, 1.807) is 11.6 Å². The Kier molecular flexibility index (Phi) is 4.86. The molecule has 0 radical (unpaired) electrons. The quantitative estimate of drug-likeness (QED) is 0.650. The number of rotatable bonds is 6. The number of ketones is 1. The average molecular weight is 295 g/mol. The number of halogens is 1. The molecule has 1 aromatic carbocycles. The van der Waals surface area contributed by atoms with Crippen LogP contribution in [-0.2, 0) is 13.7 Å². The molecule has 5 nitrogen and oxygen atoms in total. The third-order valence-corrected chi connectivity index (χ3v) is 3.81. The number of nitrogens with zero attached hydrogens (tertiary/aromatic N) is 3. The number of Topliss-reactive ketones (excluding diaryl/α,β-unsaturated/α-hetero) is 1. The molecule has 0 fully saturated rings. The van der Waals surface area contributed by atoms with Gasteiger partial charge in [-0.1, -0.05) is 11.8 Å². The lowest BCUT2D eigenvalue weighted by Gasteiger charge is -2.02. The molecule has 2 aromatic rings. The number of thioether (sulfide) groups is 1. The number of carbonyl (C=O) groups excluding carboxylic acids is 1. The first-order valence-electron chi connectivity index (χ1n) is 6.02. The highest BCUT2D eigenvalue weighted by Crippen LogP contribution is 2.17. The summed E-state index contributed by atoms with van der Waals surface area (Å²) >= 11 is 1.39. The maximum Gasteiger partial charge on any atom is 0.191 e. The van der Waals surface area contributed by atoms with E-state index in [0.29, 0.717) is 28.7 Å². The number of carbonyl (C=O) groups is 1. The molecule has 2 rings (SSSR count). The highest BCUT2D eigenvalue weighted by atomic mass is 32.2. The molecular weight excluding hydrogens is 281 g/mol. The molecule has 106 valence electrons. The van der Waals surface area contributed by atoms with Crippen LogP contribution in [0.4, 0.5) is 4.39 Å². The predicted molar refractivity (Wildman–Crippen MR) is 73.0 cm³/mol. The Balaban J connectivity index is 1.87. The van der Waals surface area contributed by atoms with Crippen molar-refractivity contribution in [3.05, 3.63) is 41.5 Å². The van der Waals surface area contributed by atoms with Crippen LogP contribution in [-0.4, -0.2) is 31.4 Å². The number of aliphatic hydroxyl groups excluding tert-OH is 1. The molecule has 0 spiro atoms. The van der Waals surface area contributed by atoms with Crippen LogP contribution in [0.1, 0.15) is 22.6 Å². The van der Waals surface area contributed by atoms with E-state index in [9.17, 15) is 9.18 Å². The smallest absolute Gasteiger partial charge is 0.191 e. The first kappa shape index (κ1) is 14.7. The fourth-order valence-electron chi connectivity index (χ4n) is 1.62. The van der Waals surface area contributed by atoms with Crippen LogP contribution >= 0.6 is 11.8 Å². The first-order valence-corrected chi connectivity index (χ1v) is 7.01. The Hall–Kier alpha value is -1.73. The van der Waals surface area contributed by atoms with E-state index in [0.717, 1.165) is 0 Å². The number of hydrogen-bond acceptors (Lipinski definition) is 5. The van der Waals surface area contributed by atoms with Crippen LogP contribution < -0.4 is 0 Å². The van der Waals surface area contributed by atoms with Crippen molar-refractivity contribution in [3.63, 3.8) is 0 Å². The fraction of sp³-hybridized carbons (Fsp3) is 0.308. The van der Waals surface area contributed by atoms with E-state index >= 15 is 0 Å². The lowest BCUT2D eigenvalue weighted by molar-refractivity contribution is 0.0989. The topological polar surface area (TPSA) is 68.0 Å². The van der Waals surface area contributed by atoms with Gasteiger partial charge >= 0.3 is 0 Å². The Morgan fingerprint density at radius 1 is 1.35 bits per heavy atom. The van der Waals surface area contributed by atoms with E-state index in [4.69, 9.17) is 5.11 Å². The van der Waals surface area contributed by atoms with Gasteiger partial charge in [0.05, 0.1) is 0 Å². The van der Waals surface area contributed by atoms with Crippen molar-refractivity contribution >= 4 is 17.5 Å². The second-order valence-electron chi connectivity index (χ2n) is 4.14. The van der Waals surface area contributed by atoms with Crippen LogP contribution in [0.25, 0.3) is 0 Å². The molecule has 1 heterocycles. The molecule has 1 aromatic heterocycles. The van der Waals surface area contributed by atoms with Crippen molar-refractivity contribution in [2.75, 3.05) is 5.75 Å². The van der Waals surface area contributed by atoms with Crippen LogP contribution in [0.15, 0.2) is 29.4 Å². The summed E-state index contributed by atoms with van der Waals surface area (Å²) in [5.74, 6) is 0.638. The van der Waals surface area contributed by atoms with E-state index in [1.165, 1.54) is 36.0 Å². The van der Waals surface area contributed by atoms with Gasteiger partial charge in [-0.05, 0) is 24.3 Å². The second-order valence-corrected chi connectivity index (χ2v) is 5.21. The summed E-state index contributed by atoms with van der Waals surface area (Å²) in [4.78, 5) is 11.9. The predicted octanol–water partition coefficient (Wildman–Crippen LogP) is 1.81. The van der Waals surface area contributed by atoms with Crippen molar-refractivity contribution in [1.82, 2.24) is 14.8 Å². The molecule has 0 unspecified atom stereocenters. The van der Waals surface area contributed by atoms with Gasteiger partial charge in [0.15, 0.2) is 16.8 Å². The Labute approximate surface area is 119 Å². The normalized spacial score (nSPS) is 10.8. The maximum atomic E-state index is 12.7. The summed E-state index contributed by atoms with van der Waals surface area (Å²) in [6, 6.07) is 5.51. The van der Waals surface area contributed by atoms with Crippen LogP contribution in [0.3, 0.4) is 0 Å². The van der Waals surface area contributed by atoms with Gasteiger partial charge in [-0.15, -0.1) is 10.2 Å². The zero-order valence-electron chi connectivity index (χ0n) is 10.9. The summed E-state index contributed by atoms with van der Waals surface area (Å²) in [5.41, 5.74) is 0.501. The largest absolute Gasteiger partial charge is 0.388 e. The summed E-state index contributed by atoms with van der Waals surface area (Å²) < 4.78 is 14.4. The van der Waals surface area contributed by atoms with Gasteiger partial charge in [0.2, 0.25) is 0 Å². The van der Waals surface area contributed by atoms with E-state index in [-0.39, 0.29) is 18.2 Å². The van der Waals surface area contributed by atoms with Crippen molar-refractivity contribution in [2.24, 2.45) is 7.05 Å². The molecule has 0 aliphatic heterocycles. The van der Waals surface area contributed by atoms with Gasteiger partial charge in [-0.25, -0.2) is 4.39 Å². The van der Waals surface area contributed by atoms with E-state index in [1.807, 2.05) is 0 Å². The van der Waals surface area contributed by atoms with Crippen LogP contribution in [0.5, 0.6) is 0 Å². The van der Waals surface area contributed by atoms with Gasteiger partial charge in [0.1, 0.15) is 12.4 Å². The molecule has 0 amide bonds. The summed E-state index contributed by atoms with van der Waals surface area (Å²) in [7, 11) is 1.76. The minimum atomic E-state index is -0.355. The first-order chi connectivity index (χ1) is 9.61. The summed E-state index contributed by atoms with van der Waals surface area (Å²) in [6.07, 6.45) is 0.331. The van der Waals surface area contributed by atoms with Gasteiger partial charge in [0, 0.05) is 24.8 Å². The molecule has 0 aliphatic rings. The molecule has 7 heteroatoms. The van der Waals surface area contributed by atoms with E-state index < -0.39 is 0 Å². The highest BCUT2D eigenvalue weighted by molar-refractivity contribution is 7.99. The van der Waals surface area contributed by atoms with Crippen LogP contribution in [0, 0.1) is 5.82 Å². The Morgan fingerprint density at radius 2 is 2.05 bits per heavy atom. The third kappa shape index (κ3) is 3.43. The molecule has 0 aliphatic carbocycles. The molecule has 1 N–H and O–H groups in total. The van der Waals surface area contributed by atoms with Crippen molar-refractivity contribution < 1.29 is 14.3 Å². The monoisotopic (exact) mass is 295 g/mol. The molecular formula is C13H14FN3O2S. The number of hydrogen-bond donors (Lipinski definition) is 1. The zero-order chi connectivity index (χ0) is 14.5. The van der Waals surface area contributed by atoms with Gasteiger partial charge in [-0.3, -0.25) is 4.79 Å². The Bertz CT molecular complexity index is 598. The number of aromatic nitrogens is 3. The molecule has 0 atom stereocenters. The number of benzene rings is 1. The van der Waals surface area contributed by atoms with Gasteiger partial charge in [-0.2, -0.15) is 0 Å². The molecule has 0 saturated heterocycles. The lowest BCUT2D eigenvalue weighted by atomic mass is 10.1. The van der Waals surface area contributed by atoms with E-state index in [2.05, 4.69) is 10.2 Å². The highest BCUT2D eigenvalue weighted by Gasteiger charge is 2.10. The molecule has 0 saturated carbocycles. The van der Waals surface area contributed by atoms with Gasteiger partial charge < -0.3 is 9.67 Å². The third-order valence-electron chi connectivity index (χ3n) is 2.79. The SMILES string of the molecule is Cn1c(CO)nnc1SCCC(=O)c1ccc(F)cc1. The maximum absolute atomic E-state index is 12.7. The lowest BCUT2D eigenvalue weighted by Crippen LogP contribution is -2.02. The minimum absolute atomic E-state index is 0.0398. The van der Waals surface area contributed by atoms with Crippen molar-refractivity contribution in [1.29, 1.82) is 0 Å². The zero-order valence-corrected chi connectivity index (χ0v) is 11.7. The number of aliphatic hydroxyl groups is 1. The molecule has 0 bridgehead atoms. The van der Waals surface area contributed by atoms with Gasteiger partial charge in [0.25, 0.3) is 0 Å². The summed E-state index contributed by atoms with van der Waals surface area (Å²) in [5, 5.41) is 17.4. The standard InChI is InChI=1S/C13H14FN3O2S/c1-17-12(8-18)15-16-13(17)20-7-6-11(19)9-2-4-10(14)5-3-9/h2-5,18H,6-8H2,1H3. The van der Waals surface area contributed by atoms with Crippen molar-refractivity contribution in [3.8, 4) is 0 Å². The summed E-state index contributed by atoms with van der Waals surface area (Å²) in [6.45, 7) is -0.168. The van der Waals surface area contributed by atoms with Crippen LogP contribution in [0.2, 0.25) is 0 Å². The second kappa shape index (κ2) is 6.62.